The van der Waals surface area contributed by atoms with Gasteiger partial charge in [0, 0.05) is 4.88 Å². The van der Waals surface area contributed by atoms with Crippen molar-refractivity contribution in [3.63, 3.8) is 0 Å². The first kappa shape index (κ1) is 12.3. The maximum atomic E-state index is 11.3. The number of carboxylic acid groups (broad SMARTS) is 1. The van der Waals surface area contributed by atoms with Crippen LogP contribution in [-0.4, -0.2) is 41.1 Å². The molecule has 1 atom stereocenters. The van der Waals surface area contributed by atoms with E-state index in [1.54, 1.807) is 30.3 Å². The molecule has 1 heterocycles. The van der Waals surface area contributed by atoms with Crippen LogP contribution in [-0.2, 0) is 11.2 Å². The number of aliphatic carboxylic acids is 1. The van der Waals surface area contributed by atoms with Crippen LogP contribution in [0.4, 0.5) is 0 Å². The Morgan fingerprint density at radius 2 is 2.24 bits per heavy atom. The molecule has 0 bridgehead atoms. The highest BCUT2D eigenvalue weighted by Gasteiger charge is 2.27. The van der Waals surface area contributed by atoms with Crippen LogP contribution >= 0.6 is 11.3 Å². The summed E-state index contributed by atoms with van der Waals surface area (Å²) in [5, 5.41) is 10.3. The molecule has 0 amide bonds. The molecule has 92 valence electrons. The third kappa shape index (κ3) is 2.40. The lowest BCUT2D eigenvalue weighted by molar-refractivity contribution is -0.140. The SMILES string of the molecule is Cc1nc2c(s1)CCC(C(C(=O)O)N(C)C)=C2. The number of thiazole rings is 1. The van der Waals surface area contributed by atoms with Crippen molar-refractivity contribution >= 4 is 23.4 Å². The highest BCUT2D eigenvalue weighted by Crippen LogP contribution is 2.30. The first-order valence-corrected chi connectivity index (χ1v) is 6.36. The van der Waals surface area contributed by atoms with Crippen LogP contribution in [0.15, 0.2) is 5.57 Å². The molecule has 17 heavy (non-hydrogen) atoms. The lowest BCUT2D eigenvalue weighted by Gasteiger charge is -2.24. The summed E-state index contributed by atoms with van der Waals surface area (Å²) in [6.45, 7) is 1.98. The topological polar surface area (TPSA) is 53.4 Å². The average Bonchev–Trinajstić information content (AvgIpc) is 2.56. The zero-order valence-electron chi connectivity index (χ0n) is 10.2. The van der Waals surface area contributed by atoms with Crippen molar-refractivity contribution in [3.05, 3.63) is 21.2 Å². The van der Waals surface area contributed by atoms with Gasteiger partial charge in [-0.15, -0.1) is 11.3 Å². The van der Waals surface area contributed by atoms with Crippen LogP contribution in [0.5, 0.6) is 0 Å². The first-order valence-electron chi connectivity index (χ1n) is 5.55. The van der Waals surface area contributed by atoms with Gasteiger partial charge in [-0.1, -0.05) is 0 Å². The lowest BCUT2D eigenvalue weighted by atomic mass is 9.95. The van der Waals surface area contributed by atoms with Crippen molar-refractivity contribution in [2.75, 3.05) is 14.1 Å². The molecular weight excluding hydrogens is 236 g/mol. The number of carbonyl (C=O) groups is 1. The van der Waals surface area contributed by atoms with Crippen molar-refractivity contribution in [1.82, 2.24) is 9.88 Å². The zero-order valence-corrected chi connectivity index (χ0v) is 11.0. The first-order chi connectivity index (χ1) is 7.99. The molecule has 0 saturated heterocycles. The standard InChI is InChI=1S/C12H16N2O2S/c1-7-13-9-6-8(4-5-10(9)17-7)11(12(15)16)14(2)3/h6,11H,4-5H2,1-3H3,(H,15,16). The summed E-state index contributed by atoms with van der Waals surface area (Å²) in [6.07, 6.45) is 3.66. The highest BCUT2D eigenvalue weighted by molar-refractivity contribution is 7.11. The Hall–Kier alpha value is -1.20. The van der Waals surface area contributed by atoms with Crippen molar-refractivity contribution in [1.29, 1.82) is 0 Å². The van der Waals surface area contributed by atoms with Gasteiger partial charge < -0.3 is 5.11 Å². The van der Waals surface area contributed by atoms with Crippen LogP contribution in [0, 0.1) is 6.92 Å². The monoisotopic (exact) mass is 252 g/mol. The molecule has 0 radical (unpaired) electrons. The predicted molar refractivity (Wildman–Crippen MR) is 68.3 cm³/mol. The molecule has 1 N–H and O–H groups in total. The predicted octanol–water partition coefficient (Wildman–Crippen LogP) is 1.80. The number of likely N-dealkylation sites (N-methyl/N-ethyl adjacent to an activating group) is 1. The van der Waals surface area contributed by atoms with E-state index in [1.165, 1.54) is 4.88 Å². The Morgan fingerprint density at radius 3 is 2.82 bits per heavy atom. The number of nitrogens with zero attached hydrogens (tertiary/aromatic N) is 2. The number of aromatic nitrogens is 1. The molecule has 4 nitrogen and oxygen atoms in total. The van der Waals surface area contributed by atoms with Crippen LogP contribution in [0.2, 0.25) is 0 Å². The Bertz CT molecular complexity index is 477. The number of hydrogen-bond acceptors (Lipinski definition) is 4. The molecule has 0 aliphatic heterocycles. The van der Waals surface area contributed by atoms with E-state index in [4.69, 9.17) is 0 Å². The van der Waals surface area contributed by atoms with E-state index in [9.17, 15) is 9.90 Å². The second kappa shape index (κ2) is 4.58. The normalized spacial score (nSPS) is 16.6. The Kier molecular flexibility index (Phi) is 3.31. The van der Waals surface area contributed by atoms with Crippen LogP contribution in [0.3, 0.4) is 0 Å². The number of aryl methyl sites for hydroxylation is 2. The van der Waals surface area contributed by atoms with E-state index in [1.807, 2.05) is 13.0 Å². The number of rotatable bonds is 3. The molecule has 2 rings (SSSR count). The van der Waals surface area contributed by atoms with Gasteiger partial charge in [0.1, 0.15) is 6.04 Å². The molecule has 5 heteroatoms. The van der Waals surface area contributed by atoms with Crippen molar-refractivity contribution in [3.8, 4) is 0 Å². The van der Waals surface area contributed by atoms with E-state index in [0.29, 0.717) is 0 Å². The summed E-state index contributed by atoms with van der Waals surface area (Å²) >= 11 is 1.70. The van der Waals surface area contributed by atoms with Crippen LogP contribution in [0.1, 0.15) is 22.0 Å². The fourth-order valence-electron chi connectivity index (χ4n) is 2.21. The van der Waals surface area contributed by atoms with Gasteiger partial charge in [0.15, 0.2) is 0 Å². The van der Waals surface area contributed by atoms with Gasteiger partial charge in [0.2, 0.25) is 0 Å². The molecule has 0 fully saturated rings. The average molecular weight is 252 g/mol. The summed E-state index contributed by atoms with van der Waals surface area (Å²) in [4.78, 5) is 18.7. The quantitative estimate of drug-likeness (QED) is 0.891. The summed E-state index contributed by atoms with van der Waals surface area (Å²) in [5.74, 6) is -0.795. The highest BCUT2D eigenvalue weighted by atomic mass is 32.1. The second-order valence-corrected chi connectivity index (χ2v) is 5.75. The third-order valence-corrected chi connectivity index (χ3v) is 3.95. The number of hydrogen-bond donors (Lipinski definition) is 1. The molecular formula is C12H16N2O2S. The molecule has 0 aromatic carbocycles. The maximum absolute atomic E-state index is 11.3. The Labute approximate surface area is 105 Å². The van der Waals surface area contributed by atoms with Gasteiger partial charge in [-0.05, 0) is 45.5 Å². The number of carboxylic acids is 1. The van der Waals surface area contributed by atoms with Gasteiger partial charge in [-0.3, -0.25) is 9.69 Å². The van der Waals surface area contributed by atoms with Gasteiger partial charge in [0.25, 0.3) is 0 Å². The largest absolute Gasteiger partial charge is 0.480 e. The summed E-state index contributed by atoms with van der Waals surface area (Å²) in [5.41, 5.74) is 1.90. The van der Waals surface area contributed by atoms with E-state index < -0.39 is 12.0 Å². The summed E-state index contributed by atoms with van der Waals surface area (Å²) in [7, 11) is 3.59. The van der Waals surface area contributed by atoms with Crippen molar-refractivity contribution in [2.24, 2.45) is 0 Å². The molecule has 0 spiro atoms. The maximum Gasteiger partial charge on any atom is 0.325 e. The third-order valence-electron chi connectivity index (χ3n) is 2.90. The van der Waals surface area contributed by atoms with E-state index in [0.717, 1.165) is 29.1 Å². The van der Waals surface area contributed by atoms with Crippen molar-refractivity contribution in [2.45, 2.75) is 25.8 Å². The molecule has 1 aliphatic carbocycles. The minimum atomic E-state index is -0.795. The summed E-state index contributed by atoms with van der Waals surface area (Å²) in [6, 6.07) is -0.537. The number of fused-ring (bicyclic) bond motifs is 1. The van der Waals surface area contributed by atoms with Gasteiger partial charge in [-0.2, -0.15) is 0 Å². The van der Waals surface area contributed by atoms with Gasteiger partial charge >= 0.3 is 5.97 Å². The van der Waals surface area contributed by atoms with Crippen molar-refractivity contribution < 1.29 is 9.90 Å². The Morgan fingerprint density at radius 1 is 1.53 bits per heavy atom. The molecule has 1 aliphatic rings. The molecule has 0 saturated carbocycles. The molecule has 1 unspecified atom stereocenters. The summed E-state index contributed by atoms with van der Waals surface area (Å²) < 4.78 is 0. The molecule has 1 aromatic heterocycles. The Balaban J connectivity index is 2.35. The van der Waals surface area contributed by atoms with Gasteiger partial charge in [-0.25, -0.2) is 4.98 Å². The minimum absolute atomic E-state index is 0.537. The van der Waals surface area contributed by atoms with Crippen LogP contribution < -0.4 is 0 Å². The smallest absolute Gasteiger partial charge is 0.325 e. The van der Waals surface area contributed by atoms with E-state index >= 15 is 0 Å². The lowest BCUT2D eigenvalue weighted by Crippen LogP contribution is -2.37. The van der Waals surface area contributed by atoms with Gasteiger partial charge in [0.05, 0.1) is 10.7 Å². The fourth-order valence-corrected chi connectivity index (χ4v) is 3.12. The fraction of sp³-hybridized carbons (Fsp3) is 0.500. The molecule has 1 aromatic rings. The minimum Gasteiger partial charge on any atom is -0.480 e. The van der Waals surface area contributed by atoms with E-state index in [-0.39, 0.29) is 0 Å². The zero-order chi connectivity index (χ0) is 12.6. The van der Waals surface area contributed by atoms with Crippen LogP contribution in [0.25, 0.3) is 6.08 Å². The van der Waals surface area contributed by atoms with E-state index in [2.05, 4.69) is 4.98 Å². The second-order valence-electron chi connectivity index (χ2n) is 4.46.